The highest BCUT2D eigenvalue weighted by molar-refractivity contribution is 7.52. The zero-order valence-corrected chi connectivity index (χ0v) is 21.8. The molecule has 1 aromatic heterocycles. The van der Waals surface area contributed by atoms with Gasteiger partial charge in [-0.3, -0.25) is 18.9 Å². The number of para-hydroxylation sites is 2. The van der Waals surface area contributed by atoms with Crippen molar-refractivity contribution in [3.8, 4) is 11.5 Å². The van der Waals surface area contributed by atoms with Gasteiger partial charge in [-0.25, -0.2) is 18.5 Å². The van der Waals surface area contributed by atoms with Crippen LogP contribution in [-0.2, 0) is 18.6 Å². The fourth-order valence-electron chi connectivity index (χ4n) is 3.83. The van der Waals surface area contributed by atoms with Crippen LogP contribution in [0.15, 0.2) is 82.5 Å². The SMILES string of the molecule is C[C@H](NP(=O)(OC[C@H]1O[C@@H](n2ccc(=O)[nH]c2=O)[C@](C)(F)[C@@H]1O)Oc1ccccc1)C(=O)Oc1ccccc1. The lowest BCUT2D eigenvalue weighted by molar-refractivity contribution is -0.136. The number of nitrogens with zero attached hydrogens (tertiary/aromatic N) is 1. The molecule has 1 saturated heterocycles. The molecule has 0 saturated carbocycles. The fourth-order valence-corrected chi connectivity index (χ4v) is 5.33. The maximum absolute atomic E-state index is 15.5. The molecule has 14 heteroatoms. The van der Waals surface area contributed by atoms with Crippen molar-refractivity contribution in [2.45, 2.75) is 44.0 Å². The maximum atomic E-state index is 15.5. The average Bonchev–Trinajstić information content (AvgIpc) is 3.12. The minimum absolute atomic E-state index is 0.137. The van der Waals surface area contributed by atoms with Crippen LogP contribution < -0.4 is 25.6 Å². The lowest BCUT2D eigenvalue weighted by Crippen LogP contribution is -2.43. The van der Waals surface area contributed by atoms with Crippen LogP contribution in [0.2, 0.25) is 0 Å². The number of halogens is 1. The lowest BCUT2D eigenvalue weighted by atomic mass is 9.98. The molecule has 12 nitrogen and oxygen atoms in total. The number of carbonyl (C=O) groups excluding carboxylic acids is 1. The molecule has 0 radical (unpaired) electrons. The first-order valence-electron chi connectivity index (χ1n) is 11.9. The third kappa shape index (κ3) is 6.70. The number of aromatic amines is 1. The Kier molecular flexibility index (Phi) is 8.48. The van der Waals surface area contributed by atoms with Gasteiger partial charge in [0.1, 0.15) is 29.7 Å². The quantitative estimate of drug-likeness (QED) is 0.190. The van der Waals surface area contributed by atoms with Crippen LogP contribution in [0, 0.1) is 0 Å². The second-order valence-corrected chi connectivity index (χ2v) is 10.6. The minimum atomic E-state index is -4.36. The number of rotatable bonds is 10. The zero-order valence-electron chi connectivity index (χ0n) is 20.9. The first kappa shape index (κ1) is 28.4. The summed E-state index contributed by atoms with van der Waals surface area (Å²) in [6.45, 7) is 1.74. The van der Waals surface area contributed by atoms with Crippen LogP contribution in [0.5, 0.6) is 11.5 Å². The van der Waals surface area contributed by atoms with E-state index in [1.807, 2.05) is 4.98 Å². The van der Waals surface area contributed by atoms with Gasteiger partial charge in [0.25, 0.3) is 5.56 Å². The summed E-state index contributed by atoms with van der Waals surface area (Å²) in [5.74, 6) is -0.380. The van der Waals surface area contributed by atoms with E-state index < -0.39 is 61.7 Å². The Hall–Kier alpha value is -3.61. The van der Waals surface area contributed by atoms with Crippen LogP contribution >= 0.6 is 7.75 Å². The van der Waals surface area contributed by atoms with Crippen molar-refractivity contribution in [3.63, 3.8) is 0 Å². The summed E-state index contributed by atoms with van der Waals surface area (Å²) in [4.78, 5) is 38.2. The summed E-state index contributed by atoms with van der Waals surface area (Å²) in [6, 6.07) is 16.0. The third-order valence-electron chi connectivity index (χ3n) is 5.87. The Morgan fingerprint density at radius 2 is 1.77 bits per heavy atom. The molecule has 1 aliphatic rings. The van der Waals surface area contributed by atoms with E-state index in [-0.39, 0.29) is 11.5 Å². The smallest absolute Gasteiger partial charge is 0.425 e. The molecule has 1 fully saturated rings. The average molecular weight is 563 g/mol. The summed E-state index contributed by atoms with van der Waals surface area (Å²) >= 11 is 0. The van der Waals surface area contributed by atoms with E-state index in [4.69, 9.17) is 18.5 Å². The van der Waals surface area contributed by atoms with Gasteiger partial charge in [0.2, 0.25) is 0 Å². The molecule has 4 rings (SSSR count). The third-order valence-corrected chi connectivity index (χ3v) is 7.51. The number of nitrogens with one attached hydrogen (secondary N) is 2. The summed E-state index contributed by atoms with van der Waals surface area (Å²) in [6.07, 6.45) is -3.84. The normalized spacial score (nSPS) is 25.0. The Balaban J connectivity index is 1.51. The van der Waals surface area contributed by atoms with Crippen LogP contribution in [0.25, 0.3) is 0 Å². The highest BCUT2D eigenvalue weighted by atomic mass is 31.2. The Morgan fingerprint density at radius 3 is 2.38 bits per heavy atom. The summed E-state index contributed by atoms with van der Waals surface area (Å²) in [5, 5.41) is 13.1. The molecule has 1 aliphatic heterocycles. The number of aliphatic hydroxyl groups is 1. The van der Waals surface area contributed by atoms with E-state index in [0.29, 0.717) is 0 Å². The highest BCUT2D eigenvalue weighted by Gasteiger charge is 2.55. The van der Waals surface area contributed by atoms with E-state index in [1.54, 1.807) is 48.5 Å². The predicted octanol–water partition coefficient (Wildman–Crippen LogP) is 2.31. The molecule has 0 aliphatic carbocycles. The first-order chi connectivity index (χ1) is 18.5. The topological polar surface area (TPSA) is 158 Å². The van der Waals surface area contributed by atoms with Gasteiger partial charge in [-0.05, 0) is 38.1 Å². The monoisotopic (exact) mass is 563 g/mol. The van der Waals surface area contributed by atoms with Crippen LogP contribution in [-0.4, -0.2) is 51.2 Å². The van der Waals surface area contributed by atoms with Gasteiger partial charge in [-0.2, -0.15) is 5.09 Å². The van der Waals surface area contributed by atoms with Crippen molar-refractivity contribution in [2.24, 2.45) is 0 Å². The van der Waals surface area contributed by atoms with E-state index >= 15 is 4.39 Å². The molecule has 0 spiro atoms. The van der Waals surface area contributed by atoms with Crippen molar-refractivity contribution >= 4 is 13.7 Å². The molecular formula is C25H27FN3O9P. The molecule has 0 amide bonds. The van der Waals surface area contributed by atoms with Crippen molar-refractivity contribution in [3.05, 3.63) is 93.8 Å². The molecule has 3 aromatic rings. The van der Waals surface area contributed by atoms with Gasteiger partial charge in [-0.15, -0.1) is 0 Å². The summed E-state index contributed by atoms with van der Waals surface area (Å²) < 4.78 is 51.9. The first-order valence-corrected chi connectivity index (χ1v) is 13.4. The minimum Gasteiger partial charge on any atom is -0.425 e. The number of hydrogen-bond acceptors (Lipinski definition) is 9. The molecule has 2 aromatic carbocycles. The van der Waals surface area contributed by atoms with Crippen LogP contribution in [0.1, 0.15) is 20.1 Å². The van der Waals surface area contributed by atoms with E-state index in [1.165, 1.54) is 19.1 Å². The summed E-state index contributed by atoms with van der Waals surface area (Å²) in [5.41, 5.74) is -4.14. The standard InChI is InChI=1S/C25H27FN3O9P/c1-16(22(32)36-17-9-5-3-6-10-17)28-39(34,38-18-11-7-4-8-12-18)35-15-19-21(31)25(2,26)23(37-19)29-14-13-20(30)27-24(29)33/h3-14,16,19,21,23,31H,15H2,1-2H3,(H,28,34)(H,27,30,33)/t16-,19+,21+,23+,25+,39?/m0/s1. The number of alkyl halides is 1. The van der Waals surface area contributed by atoms with Gasteiger partial charge >= 0.3 is 19.4 Å². The number of H-pyrrole nitrogens is 1. The van der Waals surface area contributed by atoms with Crippen molar-refractivity contribution in [1.82, 2.24) is 14.6 Å². The van der Waals surface area contributed by atoms with Gasteiger partial charge in [-0.1, -0.05) is 36.4 Å². The Bertz CT molecular complexity index is 1450. The lowest BCUT2D eigenvalue weighted by Gasteiger charge is -2.25. The fraction of sp³-hybridized carbons (Fsp3) is 0.320. The Labute approximate surface area is 221 Å². The van der Waals surface area contributed by atoms with Crippen molar-refractivity contribution in [1.29, 1.82) is 0 Å². The van der Waals surface area contributed by atoms with Crippen LogP contribution in [0.3, 0.4) is 0 Å². The molecule has 6 atom stereocenters. The number of hydrogen-bond donors (Lipinski definition) is 3. The van der Waals surface area contributed by atoms with Crippen molar-refractivity contribution < 1.29 is 37.4 Å². The number of carbonyl (C=O) groups is 1. The second-order valence-electron chi connectivity index (χ2n) is 8.92. The number of benzene rings is 2. The van der Waals surface area contributed by atoms with Crippen LogP contribution in [0.4, 0.5) is 4.39 Å². The molecular weight excluding hydrogens is 536 g/mol. The molecule has 2 heterocycles. The van der Waals surface area contributed by atoms with Gasteiger partial charge < -0.3 is 19.1 Å². The summed E-state index contributed by atoms with van der Waals surface area (Å²) in [7, 11) is -4.36. The Morgan fingerprint density at radius 1 is 1.15 bits per heavy atom. The molecule has 208 valence electrons. The molecule has 1 unspecified atom stereocenters. The number of esters is 1. The van der Waals surface area contributed by atoms with E-state index in [0.717, 1.165) is 23.8 Å². The molecule has 3 N–H and O–H groups in total. The van der Waals surface area contributed by atoms with Crippen molar-refractivity contribution in [2.75, 3.05) is 6.61 Å². The molecule has 39 heavy (non-hydrogen) atoms. The number of aromatic nitrogens is 2. The maximum Gasteiger partial charge on any atom is 0.459 e. The van der Waals surface area contributed by atoms with Gasteiger partial charge in [0, 0.05) is 12.3 Å². The second kappa shape index (κ2) is 11.6. The zero-order chi connectivity index (χ0) is 28.2. The van der Waals surface area contributed by atoms with Gasteiger partial charge in [0.05, 0.1) is 6.61 Å². The highest BCUT2D eigenvalue weighted by Crippen LogP contribution is 2.47. The largest absolute Gasteiger partial charge is 0.459 e. The molecule has 0 bridgehead atoms. The number of ether oxygens (including phenoxy) is 2. The van der Waals surface area contributed by atoms with E-state index in [9.17, 15) is 24.1 Å². The predicted molar refractivity (Wildman–Crippen MR) is 136 cm³/mol. The van der Waals surface area contributed by atoms with E-state index in [2.05, 4.69) is 5.09 Å². The van der Waals surface area contributed by atoms with Gasteiger partial charge in [0.15, 0.2) is 11.9 Å². The number of aliphatic hydroxyl groups excluding tert-OH is 1.